The van der Waals surface area contributed by atoms with Crippen LogP contribution in [0.4, 0.5) is 0 Å². The SMILES string of the molecule is O=C(O)c1nc2ccccc2n(C2CC3CCCC(C2)N3C2CC3CC(CC(C4CCCC4)C3)C2)c1=O. The van der Waals surface area contributed by atoms with Crippen molar-refractivity contribution in [1.29, 1.82) is 0 Å². The van der Waals surface area contributed by atoms with Crippen LogP contribution in [0.15, 0.2) is 29.1 Å². The molecule has 1 aromatic carbocycles. The molecule has 37 heavy (non-hydrogen) atoms. The number of nitrogens with zero attached hydrogens (tertiary/aromatic N) is 3. The molecule has 3 heterocycles. The summed E-state index contributed by atoms with van der Waals surface area (Å²) in [4.78, 5) is 32.4. The Bertz CT molecular complexity index is 1210. The second-order valence-electron chi connectivity index (χ2n) is 13.1. The molecule has 4 atom stereocenters. The van der Waals surface area contributed by atoms with Crippen LogP contribution >= 0.6 is 0 Å². The van der Waals surface area contributed by atoms with Gasteiger partial charge in [-0.3, -0.25) is 9.69 Å². The van der Waals surface area contributed by atoms with Gasteiger partial charge >= 0.3 is 5.97 Å². The lowest BCUT2D eigenvalue weighted by atomic mass is 9.62. The largest absolute Gasteiger partial charge is 0.476 e. The molecule has 198 valence electrons. The molecule has 4 unspecified atom stereocenters. The molecule has 6 nitrogen and oxygen atoms in total. The smallest absolute Gasteiger partial charge is 0.360 e. The number of benzene rings is 1. The van der Waals surface area contributed by atoms with Gasteiger partial charge in [0.25, 0.3) is 5.56 Å². The summed E-state index contributed by atoms with van der Waals surface area (Å²) in [6.07, 6.45) is 18.6. The number of carboxylic acids is 1. The van der Waals surface area contributed by atoms with Crippen molar-refractivity contribution in [2.75, 3.05) is 0 Å². The zero-order valence-corrected chi connectivity index (χ0v) is 21.9. The van der Waals surface area contributed by atoms with Crippen LogP contribution in [-0.4, -0.2) is 43.7 Å². The molecule has 2 aromatic rings. The van der Waals surface area contributed by atoms with Crippen molar-refractivity contribution in [1.82, 2.24) is 14.5 Å². The maximum absolute atomic E-state index is 13.4. The van der Waals surface area contributed by atoms with E-state index in [-0.39, 0.29) is 11.7 Å². The number of para-hydroxylation sites is 2. The summed E-state index contributed by atoms with van der Waals surface area (Å²) >= 11 is 0. The third-order valence-electron chi connectivity index (χ3n) is 11.0. The van der Waals surface area contributed by atoms with Gasteiger partial charge in [-0.2, -0.15) is 0 Å². The van der Waals surface area contributed by atoms with Crippen LogP contribution < -0.4 is 5.56 Å². The van der Waals surface area contributed by atoms with Gasteiger partial charge in [-0.1, -0.05) is 44.2 Å². The number of carboxylic acid groups (broad SMARTS) is 1. The Morgan fingerprint density at radius 3 is 2.11 bits per heavy atom. The van der Waals surface area contributed by atoms with Crippen molar-refractivity contribution in [3.05, 3.63) is 40.3 Å². The topological polar surface area (TPSA) is 75.4 Å². The van der Waals surface area contributed by atoms with Gasteiger partial charge in [0.1, 0.15) is 0 Å². The number of rotatable bonds is 4. The zero-order valence-electron chi connectivity index (χ0n) is 21.9. The molecule has 2 aliphatic heterocycles. The zero-order chi connectivity index (χ0) is 25.1. The summed E-state index contributed by atoms with van der Waals surface area (Å²) < 4.78 is 1.80. The molecule has 6 heteroatoms. The van der Waals surface area contributed by atoms with Crippen LogP contribution in [0.5, 0.6) is 0 Å². The summed E-state index contributed by atoms with van der Waals surface area (Å²) in [5, 5.41) is 9.70. The minimum atomic E-state index is -1.23. The maximum atomic E-state index is 13.4. The molecule has 2 saturated heterocycles. The Kier molecular flexibility index (Phi) is 6.14. The lowest BCUT2D eigenvalue weighted by Gasteiger charge is -2.56. The average molecular weight is 504 g/mol. The summed E-state index contributed by atoms with van der Waals surface area (Å²) in [5.74, 6) is 2.60. The van der Waals surface area contributed by atoms with E-state index in [1.807, 2.05) is 24.3 Å². The summed E-state index contributed by atoms with van der Waals surface area (Å²) in [7, 11) is 0. The fraction of sp³-hybridized carbons (Fsp3) is 0.710. The average Bonchev–Trinajstić information content (AvgIpc) is 3.42. The molecule has 3 saturated carbocycles. The van der Waals surface area contributed by atoms with Crippen LogP contribution in [0.1, 0.15) is 106 Å². The van der Waals surface area contributed by atoms with Crippen molar-refractivity contribution in [3.8, 4) is 0 Å². The van der Waals surface area contributed by atoms with Crippen LogP contribution in [-0.2, 0) is 0 Å². The van der Waals surface area contributed by atoms with E-state index in [0.29, 0.717) is 23.6 Å². The van der Waals surface area contributed by atoms with E-state index in [2.05, 4.69) is 9.88 Å². The Balaban J connectivity index is 1.14. The first-order valence-corrected chi connectivity index (χ1v) is 15.1. The first-order valence-electron chi connectivity index (χ1n) is 15.1. The molecule has 3 aliphatic carbocycles. The number of piperidine rings is 2. The molecule has 5 aliphatic rings. The third kappa shape index (κ3) is 4.24. The monoisotopic (exact) mass is 503 g/mol. The first-order chi connectivity index (χ1) is 18.0. The number of carbonyl (C=O) groups is 1. The van der Waals surface area contributed by atoms with E-state index in [9.17, 15) is 14.7 Å². The van der Waals surface area contributed by atoms with E-state index in [1.54, 1.807) is 4.57 Å². The van der Waals surface area contributed by atoms with Gasteiger partial charge in [0.15, 0.2) is 0 Å². The number of fused-ring (bicyclic) bond motifs is 5. The number of hydrogen-bond acceptors (Lipinski definition) is 4. The Morgan fingerprint density at radius 1 is 0.757 bits per heavy atom. The van der Waals surface area contributed by atoms with Crippen LogP contribution in [0, 0.1) is 23.7 Å². The fourth-order valence-electron chi connectivity index (χ4n) is 9.78. The predicted molar refractivity (Wildman–Crippen MR) is 144 cm³/mol. The van der Waals surface area contributed by atoms with E-state index in [1.165, 1.54) is 77.0 Å². The highest BCUT2D eigenvalue weighted by atomic mass is 16.4. The molecule has 4 bridgehead atoms. The normalized spacial score (nSPS) is 36.6. The van der Waals surface area contributed by atoms with Crippen LogP contribution in [0.25, 0.3) is 11.0 Å². The number of aromatic carboxylic acids is 1. The van der Waals surface area contributed by atoms with Crippen molar-refractivity contribution in [2.24, 2.45) is 23.7 Å². The van der Waals surface area contributed by atoms with Gasteiger partial charge < -0.3 is 9.67 Å². The van der Waals surface area contributed by atoms with Gasteiger partial charge in [-0.15, -0.1) is 0 Å². The fourth-order valence-corrected chi connectivity index (χ4v) is 9.78. The molecule has 0 spiro atoms. The highest BCUT2D eigenvalue weighted by Gasteiger charge is 2.47. The minimum absolute atomic E-state index is 0.0416. The molecule has 1 aromatic heterocycles. The summed E-state index contributed by atoms with van der Waals surface area (Å²) in [5.41, 5.74) is 0.597. The number of aromatic nitrogens is 2. The standard InChI is InChI=1S/C31H41N3O3/c35-30-29(31(36)37)32-27-10-3-4-11-28(27)34(30)26-17-23-8-5-9-24(18-26)33(23)25-15-19-12-20(16-25)14-22(13-19)21-6-1-2-7-21/h3-4,10-11,19-26H,1-2,5-9,12-18H2,(H,36,37). The van der Waals surface area contributed by atoms with E-state index < -0.39 is 11.5 Å². The minimum Gasteiger partial charge on any atom is -0.476 e. The number of hydrogen-bond donors (Lipinski definition) is 1. The quantitative estimate of drug-likeness (QED) is 0.551. The highest BCUT2D eigenvalue weighted by molar-refractivity contribution is 5.88. The molecule has 1 N–H and O–H groups in total. The van der Waals surface area contributed by atoms with Gasteiger partial charge in [-0.05, 0) is 93.6 Å². The van der Waals surface area contributed by atoms with Gasteiger partial charge in [0.2, 0.25) is 5.69 Å². The summed E-state index contributed by atoms with van der Waals surface area (Å²) in [6.45, 7) is 0. The Hall–Kier alpha value is -2.21. The molecular formula is C31H41N3O3. The summed E-state index contributed by atoms with van der Waals surface area (Å²) in [6, 6.07) is 9.29. The molecule has 7 rings (SSSR count). The van der Waals surface area contributed by atoms with E-state index >= 15 is 0 Å². The molecule has 0 radical (unpaired) electrons. The van der Waals surface area contributed by atoms with Crippen molar-refractivity contribution >= 4 is 17.0 Å². The molecular weight excluding hydrogens is 462 g/mol. The Labute approximate surface area is 219 Å². The van der Waals surface area contributed by atoms with Crippen molar-refractivity contribution in [2.45, 2.75) is 114 Å². The lowest BCUT2D eigenvalue weighted by Crippen LogP contribution is -2.59. The van der Waals surface area contributed by atoms with Crippen LogP contribution in [0.2, 0.25) is 0 Å². The second kappa shape index (κ2) is 9.52. The third-order valence-corrected chi connectivity index (χ3v) is 11.0. The predicted octanol–water partition coefficient (Wildman–Crippen LogP) is 6.04. The molecule has 5 fully saturated rings. The van der Waals surface area contributed by atoms with Crippen molar-refractivity contribution < 1.29 is 9.90 Å². The Morgan fingerprint density at radius 2 is 1.43 bits per heavy atom. The second-order valence-corrected chi connectivity index (χ2v) is 13.1. The van der Waals surface area contributed by atoms with Gasteiger partial charge in [0, 0.05) is 24.2 Å². The van der Waals surface area contributed by atoms with Gasteiger partial charge in [-0.25, -0.2) is 9.78 Å². The molecule has 0 amide bonds. The van der Waals surface area contributed by atoms with E-state index in [4.69, 9.17) is 0 Å². The maximum Gasteiger partial charge on any atom is 0.360 e. The highest BCUT2D eigenvalue weighted by Crippen LogP contribution is 2.51. The van der Waals surface area contributed by atoms with Gasteiger partial charge in [0.05, 0.1) is 11.0 Å². The van der Waals surface area contributed by atoms with Crippen molar-refractivity contribution in [3.63, 3.8) is 0 Å². The van der Waals surface area contributed by atoms with E-state index in [0.717, 1.165) is 42.0 Å². The lowest BCUT2D eigenvalue weighted by molar-refractivity contribution is -0.0560. The first kappa shape index (κ1) is 23.9. The van der Waals surface area contributed by atoms with Crippen LogP contribution in [0.3, 0.4) is 0 Å².